The van der Waals surface area contributed by atoms with Crippen LogP contribution in [0.15, 0.2) is 12.4 Å². The van der Waals surface area contributed by atoms with E-state index in [0.29, 0.717) is 6.04 Å². The Morgan fingerprint density at radius 3 is 2.53 bits per heavy atom. The van der Waals surface area contributed by atoms with Gasteiger partial charge in [-0.25, -0.2) is 9.97 Å². The molecule has 1 saturated carbocycles. The van der Waals surface area contributed by atoms with Crippen LogP contribution >= 0.6 is 0 Å². The van der Waals surface area contributed by atoms with Gasteiger partial charge in [-0.05, 0) is 25.8 Å². The SMILES string of the molecule is Cc1cc(CNC2CCCCCCC2)ncn1. The smallest absolute Gasteiger partial charge is 0.115 e. The van der Waals surface area contributed by atoms with Crippen LogP contribution in [0.1, 0.15) is 56.3 Å². The number of rotatable bonds is 3. The normalized spacial score (nSPS) is 18.6. The van der Waals surface area contributed by atoms with E-state index in [2.05, 4.69) is 21.4 Å². The van der Waals surface area contributed by atoms with E-state index in [-0.39, 0.29) is 0 Å². The van der Waals surface area contributed by atoms with E-state index in [4.69, 9.17) is 0 Å². The molecule has 1 aromatic rings. The highest BCUT2D eigenvalue weighted by Gasteiger charge is 2.10. The summed E-state index contributed by atoms with van der Waals surface area (Å²) >= 11 is 0. The maximum Gasteiger partial charge on any atom is 0.115 e. The summed E-state index contributed by atoms with van der Waals surface area (Å²) in [7, 11) is 0. The Kier molecular flexibility index (Phi) is 4.92. The highest BCUT2D eigenvalue weighted by molar-refractivity contribution is 5.06. The first-order chi connectivity index (χ1) is 8.34. The van der Waals surface area contributed by atoms with Gasteiger partial charge in [-0.1, -0.05) is 32.1 Å². The van der Waals surface area contributed by atoms with Crippen molar-refractivity contribution in [3.05, 3.63) is 23.8 Å². The molecule has 0 spiro atoms. The van der Waals surface area contributed by atoms with Gasteiger partial charge >= 0.3 is 0 Å². The third-order valence-corrected chi connectivity index (χ3v) is 3.54. The lowest BCUT2D eigenvalue weighted by molar-refractivity contribution is 0.387. The zero-order valence-electron chi connectivity index (χ0n) is 10.8. The van der Waals surface area contributed by atoms with Crippen LogP contribution in [-0.4, -0.2) is 16.0 Å². The fourth-order valence-electron chi connectivity index (χ4n) is 2.52. The van der Waals surface area contributed by atoms with Crippen molar-refractivity contribution in [2.24, 2.45) is 0 Å². The Labute approximate surface area is 104 Å². The number of hydrogen-bond donors (Lipinski definition) is 1. The van der Waals surface area contributed by atoms with E-state index in [9.17, 15) is 0 Å². The first-order valence-electron chi connectivity index (χ1n) is 6.85. The van der Waals surface area contributed by atoms with Gasteiger partial charge in [-0.2, -0.15) is 0 Å². The van der Waals surface area contributed by atoms with Crippen molar-refractivity contribution in [1.82, 2.24) is 15.3 Å². The Morgan fingerprint density at radius 2 is 1.82 bits per heavy atom. The first-order valence-corrected chi connectivity index (χ1v) is 6.85. The molecule has 0 saturated heterocycles. The summed E-state index contributed by atoms with van der Waals surface area (Å²) in [6, 6.07) is 2.75. The minimum absolute atomic E-state index is 0.686. The standard InChI is InChI=1S/C14H23N3/c1-12-9-14(17-11-16-12)10-15-13-7-5-3-2-4-6-8-13/h9,11,13,15H,2-8,10H2,1H3. The van der Waals surface area contributed by atoms with Gasteiger partial charge in [0.25, 0.3) is 0 Å². The summed E-state index contributed by atoms with van der Waals surface area (Å²) in [4.78, 5) is 8.42. The van der Waals surface area contributed by atoms with Crippen LogP contribution < -0.4 is 5.32 Å². The van der Waals surface area contributed by atoms with Gasteiger partial charge in [0.05, 0.1) is 5.69 Å². The van der Waals surface area contributed by atoms with Crippen molar-refractivity contribution in [1.29, 1.82) is 0 Å². The predicted octanol–water partition coefficient (Wildman–Crippen LogP) is 2.99. The number of hydrogen-bond acceptors (Lipinski definition) is 3. The molecule has 1 N–H and O–H groups in total. The molecule has 1 fully saturated rings. The van der Waals surface area contributed by atoms with E-state index in [0.717, 1.165) is 17.9 Å². The van der Waals surface area contributed by atoms with Crippen molar-refractivity contribution in [2.75, 3.05) is 0 Å². The third-order valence-electron chi connectivity index (χ3n) is 3.54. The number of aryl methyl sites for hydroxylation is 1. The van der Waals surface area contributed by atoms with Crippen LogP contribution in [0.3, 0.4) is 0 Å². The maximum atomic E-state index is 4.29. The van der Waals surface area contributed by atoms with Crippen LogP contribution in [0.25, 0.3) is 0 Å². The van der Waals surface area contributed by atoms with Crippen molar-refractivity contribution in [2.45, 2.75) is 64.5 Å². The second kappa shape index (κ2) is 6.70. The van der Waals surface area contributed by atoms with E-state index in [1.165, 1.54) is 44.9 Å². The van der Waals surface area contributed by atoms with Gasteiger partial charge < -0.3 is 5.32 Å². The van der Waals surface area contributed by atoms with Gasteiger partial charge in [0, 0.05) is 18.3 Å². The summed E-state index contributed by atoms with van der Waals surface area (Å²) in [6.45, 7) is 2.90. The van der Waals surface area contributed by atoms with Gasteiger partial charge in [0.1, 0.15) is 6.33 Å². The molecule has 0 aromatic carbocycles. The Bertz CT molecular complexity index is 330. The molecule has 3 heteroatoms. The first kappa shape index (κ1) is 12.5. The van der Waals surface area contributed by atoms with Gasteiger partial charge in [-0.3, -0.25) is 0 Å². The topological polar surface area (TPSA) is 37.8 Å². The molecule has 0 unspecified atom stereocenters. The van der Waals surface area contributed by atoms with Crippen molar-refractivity contribution >= 4 is 0 Å². The molecular formula is C14H23N3. The summed E-state index contributed by atoms with van der Waals surface area (Å²) in [5.74, 6) is 0. The largest absolute Gasteiger partial charge is 0.308 e. The van der Waals surface area contributed by atoms with E-state index in [1.54, 1.807) is 6.33 Å². The molecule has 3 nitrogen and oxygen atoms in total. The number of nitrogens with zero attached hydrogens (tertiary/aromatic N) is 2. The lowest BCUT2D eigenvalue weighted by Gasteiger charge is -2.20. The molecule has 94 valence electrons. The van der Waals surface area contributed by atoms with Gasteiger partial charge in [0.15, 0.2) is 0 Å². The zero-order valence-corrected chi connectivity index (χ0v) is 10.8. The molecule has 0 atom stereocenters. The minimum Gasteiger partial charge on any atom is -0.308 e. The highest BCUT2D eigenvalue weighted by Crippen LogP contribution is 2.17. The Morgan fingerprint density at radius 1 is 1.12 bits per heavy atom. The second-order valence-electron chi connectivity index (χ2n) is 5.07. The van der Waals surface area contributed by atoms with Crippen LogP contribution in [0, 0.1) is 6.92 Å². The fourth-order valence-corrected chi connectivity index (χ4v) is 2.52. The quantitative estimate of drug-likeness (QED) is 0.872. The average Bonchev–Trinajstić information content (AvgIpc) is 2.27. The summed E-state index contributed by atoms with van der Waals surface area (Å²) in [5.41, 5.74) is 2.16. The number of nitrogens with one attached hydrogen (secondary N) is 1. The maximum absolute atomic E-state index is 4.29. The Balaban J connectivity index is 1.79. The van der Waals surface area contributed by atoms with Crippen molar-refractivity contribution in [3.8, 4) is 0 Å². The van der Waals surface area contributed by atoms with Crippen LogP contribution in [-0.2, 0) is 6.54 Å². The summed E-state index contributed by atoms with van der Waals surface area (Å²) < 4.78 is 0. The summed E-state index contributed by atoms with van der Waals surface area (Å²) in [6.07, 6.45) is 11.3. The van der Waals surface area contributed by atoms with E-state index < -0.39 is 0 Å². The lowest BCUT2D eigenvalue weighted by Crippen LogP contribution is -2.29. The van der Waals surface area contributed by atoms with Crippen molar-refractivity contribution < 1.29 is 0 Å². The zero-order chi connectivity index (χ0) is 11.9. The average molecular weight is 233 g/mol. The van der Waals surface area contributed by atoms with Gasteiger partial charge in [-0.15, -0.1) is 0 Å². The molecule has 1 aromatic heterocycles. The third kappa shape index (κ3) is 4.43. The fraction of sp³-hybridized carbons (Fsp3) is 0.714. The number of aromatic nitrogens is 2. The molecule has 1 aliphatic rings. The van der Waals surface area contributed by atoms with Crippen molar-refractivity contribution in [3.63, 3.8) is 0 Å². The molecular weight excluding hydrogens is 210 g/mol. The predicted molar refractivity (Wildman–Crippen MR) is 69.7 cm³/mol. The Hall–Kier alpha value is -0.960. The molecule has 0 bridgehead atoms. The van der Waals surface area contributed by atoms with E-state index >= 15 is 0 Å². The van der Waals surface area contributed by atoms with Crippen LogP contribution in [0.5, 0.6) is 0 Å². The molecule has 1 heterocycles. The summed E-state index contributed by atoms with van der Waals surface area (Å²) in [5, 5.41) is 3.64. The molecule has 2 rings (SSSR count). The molecule has 17 heavy (non-hydrogen) atoms. The molecule has 1 aliphatic carbocycles. The lowest BCUT2D eigenvalue weighted by atomic mass is 9.97. The molecule has 0 radical (unpaired) electrons. The minimum atomic E-state index is 0.686. The molecule has 0 amide bonds. The van der Waals surface area contributed by atoms with Crippen LogP contribution in [0.4, 0.5) is 0 Å². The second-order valence-corrected chi connectivity index (χ2v) is 5.07. The monoisotopic (exact) mass is 233 g/mol. The highest BCUT2D eigenvalue weighted by atomic mass is 14.9. The molecule has 0 aliphatic heterocycles. The van der Waals surface area contributed by atoms with Gasteiger partial charge in [0.2, 0.25) is 0 Å². The van der Waals surface area contributed by atoms with Crippen LogP contribution in [0.2, 0.25) is 0 Å². The van der Waals surface area contributed by atoms with E-state index in [1.807, 2.05) is 6.92 Å².